The normalized spacial score (nSPS) is 14.4. The maximum atomic E-state index is 12.4. The van der Waals surface area contributed by atoms with Crippen LogP contribution in [0.2, 0.25) is 5.02 Å². The number of halogens is 1. The van der Waals surface area contributed by atoms with Crippen molar-refractivity contribution in [3.63, 3.8) is 0 Å². The molecule has 1 aliphatic rings. The van der Waals surface area contributed by atoms with Gasteiger partial charge < -0.3 is 19.5 Å². The predicted molar refractivity (Wildman–Crippen MR) is 133 cm³/mol. The lowest BCUT2D eigenvalue weighted by molar-refractivity contribution is -0.132. The van der Waals surface area contributed by atoms with Gasteiger partial charge >= 0.3 is 0 Å². The Morgan fingerprint density at radius 1 is 1.06 bits per heavy atom. The van der Waals surface area contributed by atoms with E-state index in [1.165, 1.54) is 0 Å². The highest BCUT2D eigenvalue weighted by Crippen LogP contribution is 2.22. The van der Waals surface area contributed by atoms with Gasteiger partial charge in [0.1, 0.15) is 11.6 Å². The number of aromatic nitrogens is 2. The van der Waals surface area contributed by atoms with Gasteiger partial charge in [-0.15, -0.1) is 0 Å². The number of amides is 2. The third kappa shape index (κ3) is 5.69. The first kappa shape index (κ1) is 24.0. The number of ether oxygens (including phenoxy) is 1. The second-order valence-electron chi connectivity index (χ2n) is 8.28. The van der Waals surface area contributed by atoms with E-state index in [9.17, 15) is 9.59 Å². The molecule has 34 heavy (non-hydrogen) atoms. The van der Waals surface area contributed by atoms with Gasteiger partial charge in [-0.2, -0.15) is 0 Å². The Bertz CT molecular complexity index is 1150. The molecule has 0 saturated carbocycles. The minimum absolute atomic E-state index is 0.0964. The van der Waals surface area contributed by atoms with Crippen molar-refractivity contribution in [3.8, 4) is 5.75 Å². The lowest BCUT2D eigenvalue weighted by Crippen LogP contribution is -2.48. The van der Waals surface area contributed by atoms with Crippen molar-refractivity contribution in [2.45, 2.75) is 33.4 Å². The molecule has 0 aliphatic carbocycles. The molecule has 1 fully saturated rings. The van der Waals surface area contributed by atoms with Crippen LogP contribution in [0.15, 0.2) is 42.5 Å². The summed E-state index contributed by atoms with van der Waals surface area (Å²) in [6, 6.07) is 12.6. The van der Waals surface area contributed by atoms with Gasteiger partial charge in [0, 0.05) is 49.9 Å². The van der Waals surface area contributed by atoms with Crippen LogP contribution in [-0.4, -0.2) is 64.0 Å². The minimum atomic E-state index is -0.246. The molecule has 1 N–H and O–H groups in total. The number of benzene rings is 2. The van der Waals surface area contributed by atoms with E-state index < -0.39 is 0 Å². The van der Waals surface area contributed by atoms with Crippen LogP contribution in [0.3, 0.4) is 0 Å². The molecule has 8 nitrogen and oxygen atoms in total. The Morgan fingerprint density at radius 2 is 1.79 bits per heavy atom. The van der Waals surface area contributed by atoms with Crippen LogP contribution < -0.4 is 10.1 Å². The molecule has 0 bridgehead atoms. The van der Waals surface area contributed by atoms with Gasteiger partial charge in [-0.25, -0.2) is 4.98 Å². The summed E-state index contributed by atoms with van der Waals surface area (Å²) in [5.41, 5.74) is 2.55. The van der Waals surface area contributed by atoms with Crippen LogP contribution in [0.1, 0.15) is 26.1 Å². The lowest BCUT2D eigenvalue weighted by atomic mass is 10.2. The fourth-order valence-electron chi connectivity index (χ4n) is 4.19. The number of nitrogens with zero attached hydrogens (tertiary/aromatic N) is 4. The summed E-state index contributed by atoms with van der Waals surface area (Å²) in [4.78, 5) is 33.4. The number of rotatable bonds is 8. The minimum Gasteiger partial charge on any atom is -0.484 e. The van der Waals surface area contributed by atoms with Gasteiger partial charge in [0.2, 0.25) is 5.91 Å². The molecule has 9 heteroatoms. The molecule has 2 aromatic carbocycles. The highest BCUT2D eigenvalue weighted by molar-refractivity contribution is 6.30. The van der Waals surface area contributed by atoms with Gasteiger partial charge in [-0.05, 0) is 49.4 Å². The molecular formula is C25H30ClN5O3. The van der Waals surface area contributed by atoms with E-state index in [1.54, 1.807) is 24.3 Å². The molecule has 2 amide bonds. The van der Waals surface area contributed by atoms with Crippen molar-refractivity contribution in [1.82, 2.24) is 19.4 Å². The van der Waals surface area contributed by atoms with Crippen molar-refractivity contribution in [2.24, 2.45) is 0 Å². The van der Waals surface area contributed by atoms with E-state index in [2.05, 4.69) is 21.7 Å². The zero-order chi connectivity index (χ0) is 24.1. The van der Waals surface area contributed by atoms with Crippen molar-refractivity contribution < 1.29 is 14.3 Å². The van der Waals surface area contributed by atoms with Crippen LogP contribution >= 0.6 is 11.6 Å². The van der Waals surface area contributed by atoms with Gasteiger partial charge in [0.25, 0.3) is 5.91 Å². The van der Waals surface area contributed by atoms with Gasteiger partial charge in [0.15, 0.2) is 6.61 Å². The molecule has 1 aromatic heterocycles. The second kappa shape index (κ2) is 10.9. The first-order valence-electron chi connectivity index (χ1n) is 11.6. The third-order valence-corrected chi connectivity index (χ3v) is 6.26. The van der Waals surface area contributed by atoms with E-state index in [1.807, 2.05) is 30.0 Å². The maximum absolute atomic E-state index is 12.4. The van der Waals surface area contributed by atoms with Gasteiger partial charge in [0.05, 0.1) is 17.6 Å². The number of fused-ring (bicyclic) bond motifs is 1. The van der Waals surface area contributed by atoms with E-state index >= 15 is 0 Å². The number of hydrogen-bond acceptors (Lipinski definition) is 5. The third-order valence-electron chi connectivity index (χ3n) is 6.00. The van der Waals surface area contributed by atoms with Crippen LogP contribution in [0.4, 0.5) is 5.69 Å². The molecule has 2 heterocycles. The van der Waals surface area contributed by atoms with E-state index in [4.69, 9.17) is 21.3 Å². The van der Waals surface area contributed by atoms with Crippen LogP contribution in [-0.2, 0) is 22.7 Å². The van der Waals surface area contributed by atoms with Crippen molar-refractivity contribution in [3.05, 3.63) is 53.3 Å². The number of hydrogen-bond donors (Lipinski definition) is 1. The predicted octanol–water partition coefficient (Wildman–Crippen LogP) is 3.78. The Hall–Kier alpha value is -3.10. The molecule has 0 radical (unpaired) electrons. The summed E-state index contributed by atoms with van der Waals surface area (Å²) in [5.74, 6) is 1.54. The Labute approximate surface area is 204 Å². The topological polar surface area (TPSA) is 79.7 Å². The SMILES string of the molecule is CCC(=O)N1CCN(Cc2nc3cc(NC(=O)COc4ccc(Cl)cc4)ccc3n2CC)CC1. The van der Waals surface area contributed by atoms with Crippen LogP contribution in [0.25, 0.3) is 11.0 Å². The number of anilines is 1. The zero-order valence-electron chi connectivity index (χ0n) is 19.6. The molecule has 3 aromatic rings. The Balaban J connectivity index is 1.39. The maximum Gasteiger partial charge on any atom is 0.262 e. The number of carbonyl (C=O) groups excluding carboxylic acids is 2. The number of imidazole rings is 1. The first-order chi connectivity index (χ1) is 16.5. The quantitative estimate of drug-likeness (QED) is 0.527. The van der Waals surface area contributed by atoms with E-state index in [0.29, 0.717) is 22.9 Å². The second-order valence-corrected chi connectivity index (χ2v) is 8.71. The fourth-order valence-corrected chi connectivity index (χ4v) is 4.31. The molecule has 0 atom stereocenters. The standard InChI is InChI=1S/C25H30ClN5O3/c1-3-25(33)30-13-11-29(12-14-30)16-23-28-21-15-19(7-10-22(21)31(23)4-2)27-24(32)17-34-20-8-5-18(26)6-9-20/h5-10,15H,3-4,11-14,16-17H2,1-2H3,(H,27,32). The summed E-state index contributed by atoms with van der Waals surface area (Å²) >= 11 is 5.87. The summed E-state index contributed by atoms with van der Waals surface area (Å²) in [5, 5.41) is 3.49. The molecule has 0 spiro atoms. The summed E-state index contributed by atoms with van der Waals surface area (Å²) < 4.78 is 7.72. The molecular weight excluding hydrogens is 454 g/mol. The van der Waals surface area contributed by atoms with Gasteiger partial charge in [-0.3, -0.25) is 14.5 Å². The molecule has 180 valence electrons. The molecule has 0 unspecified atom stereocenters. The number of carbonyl (C=O) groups is 2. The van der Waals surface area contributed by atoms with E-state index in [-0.39, 0.29) is 18.4 Å². The van der Waals surface area contributed by atoms with Crippen LogP contribution in [0, 0.1) is 0 Å². The Morgan fingerprint density at radius 3 is 2.47 bits per heavy atom. The number of nitrogens with one attached hydrogen (secondary N) is 1. The zero-order valence-corrected chi connectivity index (χ0v) is 20.3. The summed E-state index contributed by atoms with van der Waals surface area (Å²) in [6.07, 6.45) is 0.553. The summed E-state index contributed by atoms with van der Waals surface area (Å²) in [7, 11) is 0. The van der Waals surface area contributed by atoms with Crippen molar-refractivity contribution in [1.29, 1.82) is 0 Å². The van der Waals surface area contributed by atoms with Gasteiger partial charge in [-0.1, -0.05) is 18.5 Å². The largest absolute Gasteiger partial charge is 0.484 e. The first-order valence-corrected chi connectivity index (χ1v) is 12.0. The number of piperazine rings is 1. The lowest BCUT2D eigenvalue weighted by Gasteiger charge is -2.34. The van der Waals surface area contributed by atoms with Crippen LogP contribution in [0.5, 0.6) is 5.75 Å². The Kier molecular flexibility index (Phi) is 7.70. The molecule has 4 rings (SSSR count). The van der Waals surface area contributed by atoms with Crippen molar-refractivity contribution >= 4 is 40.1 Å². The smallest absolute Gasteiger partial charge is 0.262 e. The monoisotopic (exact) mass is 483 g/mol. The molecule has 1 aliphatic heterocycles. The number of aryl methyl sites for hydroxylation is 1. The van der Waals surface area contributed by atoms with Crippen molar-refractivity contribution in [2.75, 3.05) is 38.1 Å². The fraction of sp³-hybridized carbons (Fsp3) is 0.400. The average molecular weight is 484 g/mol. The molecule has 1 saturated heterocycles. The highest BCUT2D eigenvalue weighted by atomic mass is 35.5. The average Bonchev–Trinajstić information content (AvgIpc) is 3.19. The van der Waals surface area contributed by atoms with E-state index in [0.717, 1.165) is 56.1 Å². The summed E-state index contributed by atoms with van der Waals surface area (Å²) in [6.45, 7) is 8.64. The highest BCUT2D eigenvalue weighted by Gasteiger charge is 2.22.